The standard InChI is InChI=1S/C14H22N2O2/c1-2-16-8-4-7-13(16)14(18)15-10-11-5-3-6-12(17)9-11/h4,7-8,11-12,17H,2-3,5-6,9-10H2,1H3,(H,15,18). The van der Waals surface area contributed by atoms with Crippen LogP contribution in [0.3, 0.4) is 0 Å². The Morgan fingerprint density at radius 2 is 2.39 bits per heavy atom. The second-order valence-corrected chi connectivity index (χ2v) is 5.08. The number of hydrogen-bond donors (Lipinski definition) is 2. The topological polar surface area (TPSA) is 54.3 Å². The van der Waals surface area contributed by atoms with Gasteiger partial charge in [0.1, 0.15) is 5.69 Å². The maximum Gasteiger partial charge on any atom is 0.267 e. The van der Waals surface area contributed by atoms with Crippen LogP contribution >= 0.6 is 0 Å². The Morgan fingerprint density at radius 3 is 3.11 bits per heavy atom. The zero-order valence-electron chi connectivity index (χ0n) is 10.9. The van der Waals surface area contributed by atoms with Crippen molar-refractivity contribution in [1.29, 1.82) is 0 Å². The first kappa shape index (κ1) is 13.1. The van der Waals surface area contributed by atoms with Gasteiger partial charge in [-0.05, 0) is 44.2 Å². The van der Waals surface area contributed by atoms with Crippen molar-refractivity contribution >= 4 is 5.91 Å². The van der Waals surface area contributed by atoms with Gasteiger partial charge in [-0.1, -0.05) is 6.42 Å². The average Bonchev–Trinajstić information content (AvgIpc) is 2.84. The summed E-state index contributed by atoms with van der Waals surface area (Å²) in [6.45, 7) is 3.50. The van der Waals surface area contributed by atoms with Gasteiger partial charge in [0.25, 0.3) is 5.91 Å². The third-order valence-electron chi connectivity index (χ3n) is 3.71. The van der Waals surface area contributed by atoms with Crippen LogP contribution in [0.4, 0.5) is 0 Å². The minimum atomic E-state index is -0.180. The lowest BCUT2D eigenvalue weighted by molar-refractivity contribution is 0.0867. The Hall–Kier alpha value is -1.29. The fourth-order valence-electron chi connectivity index (χ4n) is 2.67. The van der Waals surface area contributed by atoms with Gasteiger partial charge in [0.15, 0.2) is 0 Å². The van der Waals surface area contributed by atoms with Crippen LogP contribution in [0, 0.1) is 5.92 Å². The highest BCUT2D eigenvalue weighted by Gasteiger charge is 2.21. The van der Waals surface area contributed by atoms with E-state index in [-0.39, 0.29) is 12.0 Å². The van der Waals surface area contributed by atoms with Crippen molar-refractivity contribution in [1.82, 2.24) is 9.88 Å². The molecule has 1 fully saturated rings. The van der Waals surface area contributed by atoms with E-state index >= 15 is 0 Å². The van der Waals surface area contributed by atoms with Gasteiger partial charge in [0, 0.05) is 19.3 Å². The summed E-state index contributed by atoms with van der Waals surface area (Å²) in [4.78, 5) is 12.0. The Balaban J connectivity index is 1.84. The number of aromatic nitrogens is 1. The molecule has 0 spiro atoms. The Bertz CT molecular complexity index is 400. The molecule has 0 aliphatic heterocycles. The predicted molar refractivity (Wildman–Crippen MR) is 70.4 cm³/mol. The lowest BCUT2D eigenvalue weighted by atomic mass is 9.87. The highest BCUT2D eigenvalue weighted by molar-refractivity contribution is 5.92. The van der Waals surface area contributed by atoms with E-state index < -0.39 is 0 Å². The van der Waals surface area contributed by atoms with Gasteiger partial charge in [-0.15, -0.1) is 0 Å². The van der Waals surface area contributed by atoms with Crippen LogP contribution in [-0.2, 0) is 6.54 Å². The molecule has 1 amide bonds. The van der Waals surface area contributed by atoms with Crippen LogP contribution in [0.25, 0.3) is 0 Å². The van der Waals surface area contributed by atoms with Gasteiger partial charge in [0.2, 0.25) is 0 Å². The number of amides is 1. The molecule has 2 N–H and O–H groups in total. The molecule has 2 rings (SSSR count). The fourth-order valence-corrected chi connectivity index (χ4v) is 2.67. The summed E-state index contributed by atoms with van der Waals surface area (Å²) in [6.07, 6.45) is 5.62. The van der Waals surface area contributed by atoms with E-state index in [1.54, 1.807) is 0 Å². The molecule has 1 aromatic heterocycles. The van der Waals surface area contributed by atoms with Crippen LogP contribution in [0.2, 0.25) is 0 Å². The van der Waals surface area contributed by atoms with Crippen molar-refractivity contribution < 1.29 is 9.90 Å². The molecule has 1 heterocycles. The zero-order chi connectivity index (χ0) is 13.0. The summed E-state index contributed by atoms with van der Waals surface area (Å²) < 4.78 is 1.94. The third kappa shape index (κ3) is 3.13. The van der Waals surface area contributed by atoms with Crippen LogP contribution in [0.1, 0.15) is 43.1 Å². The summed E-state index contributed by atoms with van der Waals surface area (Å²) >= 11 is 0. The summed E-state index contributed by atoms with van der Waals surface area (Å²) in [6, 6.07) is 3.73. The molecule has 0 aromatic carbocycles. The number of nitrogens with zero attached hydrogens (tertiary/aromatic N) is 1. The van der Waals surface area contributed by atoms with Gasteiger partial charge in [-0.3, -0.25) is 4.79 Å². The van der Waals surface area contributed by atoms with Crippen LogP contribution in [0.15, 0.2) is 18.3 Å². The van der Waals surface area contributed by atoms with Crippen LogP contribution < -0.4 is 5.32 Å². The first-order valence-electron chi connectivity index (χ1n) is 6.82. The summed E-state index contributed by atoms with van der Waals surface area (Å²) in [5.41, 5.74) is 0.717. The van der Waals surface area contributed by atoms with E-state index in [9.17, 15) is 9.90 Å². The average molecular weight is 250 g/mol. The summed E-state index contributed by atoms with van der Waals surface area (Å²) in [7, 11) is 0. The highest BCUT2D eigenvalue weighted by Crippen LogP contribution is 2.23. The number of hydrogen-bond acceptors (Lipinski definition) is 2. The van der Waals surface area contributed by atoms with Crippen molar-refractivity contribution in [3.05, 3.63) is 24.0 Å². The van der Waals surface area contributed by atoms with Crippen LogP contribution in [-0.4, -0.2) is 28.2 Å². The molecule has 1 aliphatic carbocycles. The van der Waals surface area contributed by atoms with Gasteiger partial charge < -0.3 is 15.0 Å². The number of aryl methyl sites for hydroxylation is 1. The SMILES string of the molecule is CCn1cccc1C(=O)NCC1CCCC(O)C1. The zero-order valence-corrected chi connectivity index (χ0v) is 10.9. The molecule has 1 saturated carbocycles. The quantitative estimate of drug-likeness (QED) is 0.856. The van der Waals surface area contributed by atoms with E-state index in [1.165, 1.54) is 0 Å². The Labute approximate surface area is 108 Å². The minimum Gasteiger partial charge on any atom is -0.393 e. The largest absolute Gasteiger partial charge is 0.393 e. The third-order valence-corrected chi connectivity index (χ3v) is 3.71. The molecule has 2 unspecified atom stereocenters. The van der Waals surface area contributed by atoms with Crippen molar-refractivity contribution in [3.8, 4) is 0 Å². The number of carbonyl (C=O) groups excluding carboxylic acids is 1. The molecule has 4 nitrogen and oxygen atoms in total. The molecular weight excluding hydrogens is 228 g/mol. The van der Waals surface area contributed by atoms with E-state index in [1.807, 2.05) is 29.8 Å². The molecular formula is C14H22N2O2. The van der Waals surface area contributed by atoms with Gasteiger partial charge in [-0.25, -0.2) is 0 Å². The summed E-state index contributed by atoms with van der Waals surface area (Å²) in [5, 5.41) is 12.6. The van der Waals surface area contributed by atoms with E-state index in [4.69, 9.17) is 0 Å². The Kier molecular flexibility index (Phi) is 4.42. The minimum absolute atomic E-state index is 0.0121. The van der Waals surface area contributed by atoms with E-state index in [0.717, 1.165) is 32.2 Å². The second-order valence-electron chi connectivity index (χ2n) is 5.08. The Morgan fingerprint density at radius 1 is 1.56 bits per heavy atom. The lowest BCUT2D eigenvalue weighted by Crippen LogP contribution is -2.33. The summed E-state index contributed by atoms with van der Waals surface area (Å²) in [5.74, 6) is 0.407. The lowest BCUT2D eigenvalue weighted by Gasteiger charge is -2.25. The van der Waals surface area contributed by atoms with Crippen LogP contribution in [0.5, 0.6) is 0 Å². The van der Waals surface area contributed by atoms with Gasteiger partial charge in [0.05, 0.1) is 6.10 Å². The molecule has 1 aromatic rings. The van der Waals surface area contributed by atoms with Crippen molar-refractivity contribution in [3.63, 3.8) is 0 Å². The number of nitrogens with one attached hydrogen (secondary N) is 1. The molecule has 2 atom stereocenters. The molecule has 4 heteroatoms. The predicted octanol–water partition coefficient (Wildman–Crippen LogP) is 1.79. The van der Waals surface area contributed by atoms with Crippen molar-refractivity contribution in [2.45, 2.75) is 45.3 Å². The first-order valence-corrected chi connectivity index (χ1v) is 6.82. The molecule has 1 aliphatic rings. The smallest absolute Gasteiger partial charge is 0.267 e. The monoisotopic (exact) mass is 250 g/mol. The normalized spacial score (nSPS) is 23.9. The first-order chi connectivity index (χ1) is 8.70. The molecule has 0 radical (unpaired) electrons. The molecule has 100 valence electrons. The van der Waals surface area contributed by atoms with Gasteiger partial charge >= 0.3 is 0 Å². The van der Waals surface area contributed by atoms with Crippen molar-refractivity contribution in [2.24, 2.45) is 5.92 Å². The highest BCUT2D eigenvalue weighted by atomic mass is 16.3. The van der Waals surface area contributed by atoms with Crippen molar-refractivity contribution in [2.75, 3.05) is 6.54 Å². The fraction of sp³-hybridized carbons (Fsp3) is 0.643. The molecule has 0 bridgehead atoms. The number of carbonyl (C=O) groups is 1. The molecule has 18 heavy (non-hydrogen) atoms. The second kappa shape index (κ2) is 6.05. The number of aliphatic hydroxyl groups is 1. The van der Waals surface area contributed by atoms with E-state index in [2.05, 4.69) is 5.32 Å². The number of aliphatic hydroxyl groups excluding tert-OH is 1. The molecule has 0 saturated heterocycles. The van der Waals surface area contributed by atoms with E-state index in [0.29, 0.717) is 18.2 Å². The maximum absolute atomic E-state index is 12.0. The van der Waals surface area contributed by atoms with Gasteiger partial charge in [-0.2, -0.15) is 0 Å². The number of rotatable bonds is 4. The maximum atomic E-state index is 12.0.